The maximum atomic E-state index is 11.9. The minimum atomic E-state index is -0.509. The Hall–Kier alpha value is -2.70. The van der Waals surface area contributed by atoms with Gasteiger partial charge in [0.15, 0.2) is 6.61 Å². The van der Waals surface area contributed by atoms with Crippen LogP contribution in [0.25, 0.3) is 10.9 Å². The van der Waals surface area contributed by atoms with Crippen molar-refractivity contribution in [3.05, 3.63) is 40.4 Å². The summed E-state index contributed by atoms with van der Waals surface area (Å²) < 4.78 is 4.90. The van der Waals surface area contributed by atoms with Gasteiger partial charge in [0.25, 0.3) is 11.5 Å². The Labute approximate surface area is 139 Å². The average molecular weight is 331 g/mol. The summed E-state index contributed by atoms with van der Waals surface area (Å²) in [7, 11) is 0. The van der Waals surface area contributed by atoms with Crippen molar-refractivity contribution >= 4 is 22.8 Å². The van der Waals surface area contributed by atoms with Crippen LogP contribution in [0.5, 0.6) is 0 Å². The lowest BCUT2D eigenvalue weighted by atomic mass is 10.2. The summed E-state index contributed by atoms with van der Waals surface area (Å²) in [5.41, 5.74) is 0.342. The molecular weight excluding hydrogens is 310 g/mol. The largest absolute Gasteiger partial charge is 0.456 e. The maximum absolute atomic E-state index is 11.9. The fourth-order valence-electron chi connectivity index (χ4n) is 2.06. The van der Waals surface area contributed by atoms with Gasteiger partial charge < -0.3 is 15.0 Å². The van der Waals surface area contributed by atoms with Gasteiger partial charge in [-0.3, -0.25) is 14.4 Å². The molecule has 0 radical (unpaired) electrons. The van der Waals surface area contributed by atoms with Gasteiger partial charge >= 0.3 is 5.97 Å². The molecule has 0 bridgehead atoms. The summed E-state index contributed by atoms with van der Waals surface area (Å²) in [6.07, 6.45) is 0.283. The molecule has 1 heterocycles. The van der Waals surface area contributed by atoms with E-state index in [-0.39, 0.29) is 30.9 Å². The second-order valence-electron chi connectivity index (χ2n) is 5.89. The first-order valence-electron chi connectivity index (χ1n) is 7.86. The quantitative estimate of drug-likeness (QED) is 0.742. The first kappa shape index (κ1) is 17.7. The molecular formula is C17H21N3O4. The van der Waals surface area contributed by atoms with Gasteiger partial charge in [0.1, 0.15) is 5.82 Å². The number of aromatic amines is 1. The minimum absolute atomic E-state index is 0.0404. The van der Waals surface area contributed by atoms with Gasteiger partial charge in [-0.05, 0) is 18.1 Å². The van der Waals surface area contributed by atoms with Crippen LogP contribution in [0.1, 0.15) is 26.1 Å². The SMILES string of the molecule is CC(C)CNC(=O)COC(=O)CCc1nc2ccccc2c(=O)[nH]1. The molecule has 0 saturated carbocycles. The molecule has 0 unspecified atom stereocenters. The molecule has 0 spiro atoms. The monoisotopic (exact) mass is 331 g/mol. The Morgan fingerprint density at radius 2 is 2.04 bits per heavy atom. The van der Waals surface area contributed by atoms with E-state index in [2.05, 4.69) is 15.3 Å². The van der Waals surface area contributed by atoms with Gasteiger partial charge in [-0.15, -0.1) is 0 Å². The van der Waals surface area contributed by atoms with Crippen LogP contribution in [0.15, 0.2) is 29.1 Å². The number of fused-ring (bicyclic) bond motifs is 1. The van der Waals surface area contributed by atoms with Crippen LogP contribution in [0.3, 0.4) is 0 Å². The molecule has 7 heteroatoms. The number of para-hydroxylation sites is 1. The summed E-state index contributed by atoms with van der Waals surface area (Å²) in [6, 6.07) is 6.99. The molecule has 1 aromatic carbocycles. The average Bonchev–Trinajstić information content (AvgIpc) is 2.56. The number of aryl methyl sites for hydroxylation is 1. The second-order valence-corrected chi connectivity index (χ2v) is 5.89. The van der Waals surface area contributed by atoms with E-state index in [1.165, 1.54) is 0 Å². The Morgan fingerprint density at radius 3 is 2.79 bits per heavy atom. The van der Waals surface area contributed by atoms with Gasteiger partial charge in [0, 0.05) is 13.0 Å². The number of rotatable bonds is 7. The van der Waals surface area contributed by atoms with Crippen molar-refractivity contribution in [3.8, 4) is 0 Å². The standard InChI is InChI=1S/C17H21N3O4/c1-11(2)9-18-15(21)10-24-16(22)8-7-14-19-13-6-4-3-5-12(13)17(23)20-14/h3-6,11H,7-10H2,1-2H3,(H,18,21)(H,19,20,23). The van der Waals surface area contributed by atoms with Crippen molar-refractivity contribution in [2.45, 2.75) is 26.7 Å². The van der Waals surface area contributed by atoms with Crippen LogP contribution in [0, 0.1) is 5.92 Å². The van der Waals surface area contributed by atoms with Crippen molar-refractivity contribution in [3.63, 3.8) is 0 Å². The highest BCUT2D eigenvalue weighted by molar-refractivity contribution is 5.80. The number of benzene rings is 1. The normalized spacial score (nSPS) is 10.8. The van der Waals surface area contributed by atoms with E-state index in [0.29, 0.717) is 29.2 Å². The predicted molar refractivity (Wildman–Crippen MR) is 89.5 cm³/mol. The van der Waals surface area contributed by atoms with Crippen molar-refractivity contribution in [2.24, 2.45) is 5.92 Å². The minimum Gasteiger partial charge on any atom is -0.456 e. The number of carbonyl (C=O) groups excluding carboxylic acids is 2. The third-order valence-electron chi connectivity index (χ3n) is 3.30. The molecule has 2 rings (SSSR count). The Balaban J connectivity index is 1.84. The first-order chi connectivity index (χ1) is 11.5. The van der Waals surface area contributed by atoms with Crippen LogP contribution < -0.4 is 10.9 Å². The molecule has 0 aliphatic rings. The molecule has 2 aromatic rings. The molecule has 128 valence electrons. The molecule has 0 aliphatic heterocycles. The predicted octanol–water partition coefficient (Wildman–Crippen LogP) is 1.17. The molecule has 0 saturated heterocycles. The van der Waals surface area contributed by atoms with Gasteiger partial charge in [-0.25, -0.2) is 4.98 Å². The van der Waals surface area contributed by atoms with E-state index in [1.54, 1.807) is 24.3 Å². The number of aromatic nitrogens is 2. The summed E-state index contributed by atoms with van der Waals surface area (Å²) in [4.78, 5) is 42.0. The van der Waals surface area contributed by atoms with E-state index in [4.69, 9.17) is 4.74 Å². The summed E-state index contributed by atoms with van der Waals surface area (Å²) >= 11 is 0. The third kappa shape index (κ3) is 5.19. The summed E-state index contributed by atoms with van der Waals surface area (Å²) in [5.74, 6) is -0.0832. The van der Waals surface area contributed by atoms with Crippen LogP contribution >= 0.6 is 0 Å². The number of amides is 1. The molecule has 1 amide bonds. The smallest absolute Gasteiger partial charge is 0.306 e. The summed E-state index contributed by atoms with van der Waals surface area (Å²) in [6.45, 7) is 4.19. The second kappa shape index (κ2) is 8.24. The summed E-state index contributed by atoms with van der Waals surface area (Å²) in [5, 5.41) is 3.17. The number of hydrogen-bond acceptors (Lipinski definition) is 5. The maximum Gasteiger partial charge on any atom is 0.306 e. The Bertz CT molecular complexity index is 783. The van der Waals surface area contributed by atoms with Crippen molar-refractivity contribution in [1.29, 1.82) is 0 Å². The zero-order valence-electron chi connectivity index (χ0n) is 13.8. The zero-order valence-corrected chi connectivity index (χ0v) is 13.8. The van der Waals surface area contributed by atoms with Gasteiger partial charge in [0.05, 0.1) is 17.3 Å². The Kier molecular flexibility index (Phi) is 6.06. The highest BCUT2D eigenvalue weighted by atomic mass is 16.5. The topological polar surface area (TPSA) is 101 Å². The molecule has 0 fully saturated rings. The lowest BCUT2D eigenvalue weighted by Gasteiger charge is -2.08. The van der Waals surface area contributed by atoms with Gasteiger partial charge in [0.2, 0.25) is 0 Å². The number of H-pyrrole nitrogens is 1. The first-order valence-corrected chi connectivity index (χ1v) is 7.86. The number of esters is 1. The highest BCUT2D eigenvalue weighted by Gasteiger charge is 2.10. The van der Waals surface area contributed by atoms with Gasteiger partial charge in [-0.2, -0.15) is 0 Å². The molecule has 1 aromatic heterocycles. The Morgan fingerprint density at radius 1 is 1.29 bits per heavy atom. The lowest BCUT2D eigenvalue weighted by molar-refractivity contribution is -0.148. The van der Waals surface area contributed by atoms with Crippen LogP contribution in [-0.4, -0.2) is 35.0 Å². The van der Waals surface area contributed by atoms with Crippen molar-refractivity contribution in [2.75, 3.05) is 13.2 Å². The van der Waals surface area contributed by atoms with E-state index in [1.807, 2.05) is 13.8 Å². The lowest BCUT2D eigenvalue weighted by Crippen LogP contribution is -2.31. The molecule has 0 aliphatic carbocycles. The molecule has 24 heavy (non-hydrogen) atoms. The fourth-order valence-corrected chi connectivity index (χ4v) is 2.06. The molecule has 0 atom stereocenters. The van der Waals surface area contributed by atoms with Crippen LogP contribution in [-0.2, 0) is 20.7 Å². The third-order valence-corrected chi connectivity index (χ3v) is 3.30. The van der Waals surface area contributed by atoms with Crippen LogP contribution in [0.4, 0.5) is 0 Å². The zero-order chi connectivity index (χ0) is 17.5. The number of nitrogens with one attached hydrogen (secondary N) is 2. The van der Waals surface area contributed by atoms with Crippen molar-refractivity contribution < 1.29 is 14.3 Å². The highest BCUT2D eigenvalue weighted by Crippen LogP contribution is 2.06. The van der Waals surface area contributed by atoms with Gasteiger partial charge in [-0.1, -0.05) is 26.0 Å². The number of carbonyl (C=O) groups is 2. The van der Waals surface area contributed by atoms with Crippen molar-refractivity contribution in [1.82, 2.24) is 15.3 Å². The number of hydrogen-bond donors (Lipinski definition) is 2. The molecule has 2 N–H and O–H groups in total. The van der Waals surface area contributed by atoms with Crippen LogP contribution in [0.2, 0.25) is 0 Å². The van der Waals surface area contributed by atoms with E-state index in [0.717, 1.165) is 0 Å². The van der Waals surface area contributed by atoms with E-state index < -0.39 is 5.97 Å². The number of ether oxygens (including phenoxy) is 1. The fraction of sp³-hybridized carbons (Fsp3) is 0.412. The molecule has 7 nitrogen and oxygen atoms in total. The van der Waals surface area contributed by atoms with E-state index in [9.17, 15) is 14.4 Å². The number of nitrogens with zero attached hydrogens (tertiary/aromatic N) is 1. The van der Waals surface area contributed by atoms with E-state index >= 15 is 0 Å².